The minimum absolute atomic E-state index is 0.212. The molecule has 2 saturated heterocycles. The van der Waals surface area contributed by atoms with Gasteiger partial charge in [0.1, 0.15) is 0 Å². The topological polar surface area (TPSA) is 16.3 Å². The van der Waals surface area contributed by atoms with Crippen molar-refractivity contribution < 1.29 is 0 Å². The van der Waals surface area contributed by atoms with Gasteiger partial charge in [-0.2, -0.15) is 0 Å². The molecule has 0 bridgehead atoms. The van der Waals surface area contributed by atoms with Crippen molar-refractivity contribution in [1.82, 2.24) is 9.13 Å². The van der Waals surface area contributed by atoms with Gasteiger partial charge in [0.2, 0.25) is 0 Å². The molecular formula is C72H54N4. The van der Waals surface area contributed by atoms with Crippen LogP contribution in [-0.2, 0) is 0 Å². The van der Waals surface area contributed by atoms with Gasteiger partial charge in [0.15, 0.2) is 0 Å². The summed E-state index contributed by atoms with van der Waals surface area (Å²) in [6, 6.07) is 75.2. The van der Waals surface area contributed by atoms with E-state index < -0.39 is 0 Å². The summed E-state index contributed by atoms with van der Waals surface area (Å²) in [6.45, 7) is 0. The Morgan fingerprint density at radius 1 is 0.368 bits per heavy atom. The van der Waals surface area contributed by atoms with E-state index in [1.54, 1.807) is 0 Å². The summed E-state index contributed by atoms with van der Waals surface area (Å²) >= 11 is 0. The maximum absolute atomic E-state index is 2.69. The maximum atomic E-state index is 2.69. The van der Waals surface area contributed by atoms with Crippen LogP contribution in [0.5, 0.6) is 0 Å². The van der Waals surface area contributed by atoms with E-state index in [9.17, 15) is 0 Å². The Bertz CT molecular complexity index is 4250. The molecule has 4 aliphatic carbocycles. The molecule has 0 amide bonds. The molecule has 6 atom stereocenters. The van der Waals surface area contributed by atoms with Gasteiger partial charge in [0.25, 0.3) is 0 Å². The highest BCUT2D eigenvalue weighted by atomic mass is 15.2. The zero-order valence-corrected chi connectivity index (χ0v) is 42.1. The number of benzene rings is 8. The highest BCUT2D eigenvalue weighted by Crippen LogP contribution is 2.50. The molecule has 4 heterocycles. The van der Waals surface area contributed by atoms with Gasteiger partial charge in [-0.05, 0) is 148 Å². The molecule has 16 rings (SSSR count). The van der Waals surface area contributed by atoms with Crippen LogP contribution in [0.25, 0.3) is 71.7 Å². The first-order valence-electron chi connectivity index (χ1n) is 27.2. The van der Waals surface area contributed by atoms with E-state index >= 15 is 0 Å². The molecule has 2 aliphatic heterocycles. The smallest absolute Gasteiger partial charge is 0.0584 e. The maximum Gasteiger partial charge on any atom is 0.0584 e. The lowest BCUT2D eigenvalue weighted by molar-refractivity contribution is 0.675. The molecule has 8 aromatic carbocycles. The zero-order chi connectivity index (χ0) is 49.8. The molecule has 0 N–H and O–H groups in total. The Morgan fingerprint density at radius 3 is 1.34 bits per heavy atom. The molecule has 0 radical (unpaired) electrons. The SMILES string of the molecule is C1=CCC2C(=C1)C1C=C(c3ccc4c(c3)c3cc(C5=CCC6C(=C5)C5C=C(c7ccc8c(c7)c7ccccc7n8-c7ccccc7)C=CC5N6c5ccccc5)ccc3n4-c3ccccc3)C=CC1N2c1ccccc1. The Hall–Kier alpha value is -9.12. The molecule has 2 aromatic heterocycles. The van der Waals surface area contributed by atoms with Crippen LogP contribution in [0, 0.1) is 11.8 Å². The highest BCUT2D eigenvalue weighted by molar-refractivity contribution is 6.12. The third kappa shape index (κ3) is 6.69. The fourth-order valence-corrected chi connectivity index (χ4v) is 14.2. The summed E-state index contributed by atoms with van der Waals surface area (Å²) in [5.74, 6) is 0.530. The number of hydrogen-bond acceptors (Lipinski definition) is 2. The Kier molecular flexibility index (Phi) is 9.81. The van der Waals surface area contributed by atoms with E-state index in [0.717, 1.165) is 12.8 Å². The van der Waals surface area contributed by atoms with Crippen LogP contribution in [0.4, 0.5) is 11.4 Å². The van der Waals surface area contributed by atoms with Crippen LogP contribution in [0.2, 0.25) is 0 Å². The second kappa shape index (κ2) is 17.2. The average Bonchev–Trinajstić information content (AvgIpc) is 4.23. The minimum Gasteiger partial charge on any atom is -0.357 e. The number of fused-ring (bicyclic) bond motifs is 12. The predicted octanol–water partition coefficient (Wildman–Crippen LogP) is 16.8. The molecule has 4 nitrogen and oxygen atoms in total. The first-order valence-corrected chi connectivity index (χ1v) is 27.2. The number of hydrogen-bond donors (Lipinski definition) is 0. The summed E-state index contributed by atoms with van der Waals surface area (Å²) in [5, 5.41) is 5.10. The number of allylic oxidation sites excluding steroid dienone is 8. The second-order valence-corrected chi connectivity index (χ2v) is 21.4. The van der Waals surface area contributed by atoms with E-state index in [0.29, 0.717) is 12.0 Å². The van der Waals surface area contributed by atoms with Gasteiger partial charge in [-0.1, -0.05) is 176 Å². The van der Waals surface area contributed by atoms with Gasteiger partial charge in [-0.15, -0.1) is 0 Å². The Labute approximate surface area is 443 Å². The normalized spacial score (nSPS) is 22.3. The van der Waals surface area contributed by atoms with Crippen LogP contribution in [0.3, 0.4) is 0 Å². The number of anilines is 2. The monoisotopic (exact) mass is 974 g/mol. The number of rotatable bonds is 7. The fraction of sp³-hybridized carbons (Fsp3) is 0.111. The number of para-hydroxylation sites is 5. The first kappa shape index (κ1) is 43.3. The van der Waals surface area contributed by atoms with Crippen LogP contribution in [0.1, 0.15) is 29.5 Å². The lowest BCUT2D eigenvalue weighted by Crippen LogP contribution is -2.37. The van der Waals surface area contributed by atoms with Gasteiger partial charge in [-0.25, -0.2) is 0 Å². The summed E-state index contributed by atoms with van der Waals surface area (Å²) in [7, 11) is 0. The fourth-order valence-electron chi connectivity index (χ4n) is 14.2. The third-order valence-corrected chi connectivity index (χ3v) is 17.5. The van der Waals surface area contributed by atoms with Crippen LogP contribution in [-0.4, -0.2) is 33.3 Å². The largest absolute Gasteiger partial charge is 0.357 e. The molecule has 10 aromatic rings. The van der Waals surface area contributed by atoms with E-state index in [-0.39, 0.29) is 24.0 Å². The molecule has 6 unspecified atom stereocenters. The lowest BCUT2D eigenvalue weighted by Gasteiger charge is -2.33. The zero-order valence-electron chi connectivity index (χ0n) is 42.1. The van der Waals surface area contributed by atoms with E-state index in [1.807, 2.05) is 0 Å². The third-order valence-electron chi connectivity index (χ3n) is 17.5. The summed E-state index contributed by atoms with van der Waals surface area (Å²) in [4.78, 5) is 5.34. The molecule has 2 fully saturated rings. The van der Waals surface area contributed by atoms with E-state index in [4.69, 9.17) is 0 Å². The van der Waals surface area contributed by atoms with Crippen molar-refractivity contribution in [2.24, 2.45) is 11.8 Å². The van der Waals surface area contributed by atoms with Crippen molar-refractivity contribution in [3.05, 3.63) is 295 Å². The number of aromatic nitrogens is 2. The standard InChI is InChI=1S/C72H54N4/c1-5-17-53(18-6-1)73-65-27-15-13-25-57(65)59-41-47(29-35-67(59)73)49-31-37-69-61(43-49)63-45-51(33-39-71(63)75(69)55-21-9-3-10-22-55)52-34-40-72-64(46-52)62-44-50(32-38-70(62)76(72)56-23-11-4-12-24-56)48-30-36-68-60(42-48)58-26-14-16-28-66(58)74(68)54-19-7-2-8-20-54/h1-27,29-38,40-46,60-61,66,68-69,71H,28,39H2. The molecule has 0 saturated carbocycles. The first-order chi connectivity index (χ1) is 37.7. The molecule has 6 aliphatic rings. The van der Waals surface area contributed by atoms with Gasteiger partial charge in [0, 0.05) is 56.1 Å². The predicted molar refractivity (Wildman–Crippen MR) is 318 cm³/mol. The highest BCUT2D eigenvalue weighted by Gasteiger charge is 2.46. The van der Waals surface area contributed by atoms with Gasteiger partial charge >= 0.3 is 0 Å². The van der Waals surface area contributed by atoms with Crippen molar-refractivity contribution in [3.63, 3.8) is 0 Å². The lowest BCUT2D eigenvalue weighted by atomic mass is 9.81. The van der Waals surface area contributed by atoms with Crippen molar-refractivity contribution in [1.29, 1.82) is 0 Å². The van der Waals surface area contributed by atoms with Crippen LogP contribution < -0.4 is 9.80 Å². The summed E-state index contributed by atoms with van der Waals surface area (Å²) in [6.07, 6.45) is 28.9. The van der Waals surface area contributed by atoms with Crippen molar-refractivity contribution in [3.8, 4) is 11.4 Å². The Balaban J connectivity index is 0.794. The molecule has 76 heavy (non-hydrogen) atoms. The van der Waals surface area contributed by atoms with Crippen LogP contribution in [0.15, 0.2) is 278 Å². The van der Waals surface area contributed by atoms with Crippen molar-refractivity contribution >= 4 is 71.7 Å². The average molecular weight is 975 g/mol. The quantitative estimate of drug-likeness (QED) is 0.158. The molecule has 362 valence electrons. The van der Waals surface area contributed by atoms with Crippen molar-refractivity contribution in [2.75, 3.05) is 9.80 Å². The van der Waals surface area contributed by atoms with E-state index in [1.165, 1.54) is 111 Å². The van der Waals surface area contributed by atoms with Gasteiger partial charge in [-0.3, -0.25) is 0 Å². The minimum atomic E-state index is 0.212. The van der Waals surface area contributed by atoms with E-state index in [2.05, 4.69) is 286 Å². The summed E-state index contributed by atoms with van der Waals surface area (Å²) in [5.41, 5.74) is 20.5. The van der Waals surface area contributed by atoms with Crippen LogP contribution >= 0.6 is 0 Å². The molecular weight excluding hydrogens is 921 g/mol. The summed E-state index contributed by atoms with van der Waals surface area (Å²) < 4.78 is 4.86. The Morgan fingerprint density at radius 2 is 0.803 bits per heavy atom. The van der Waals surface area contributed by atoms with Crippen molar-refractivity contribution in [2.45, 2.75) is 37.0 Å². The molecule has 4 heteroatoms. The van der Waals surface area contributed by atoms with Gasteiger partial charge < -0.3 is 18.9 Å². The number of nitrogens with zero attached hydrogens (tertiary/aromatic N) is 4. The second-order valence-electron chi connectivity index (χ2n) is 21.4. The van der Waals surface area contributed by atoms with Gasteiger partial charge in [0.05, 0.1) is 46.2 Å². The molecule has 0 spiro atoms.